The lowest BCUT2D eigenvalue weighted by atomic mass is 9.99. The summed E-state index contributed by atoms with van der Waals surface area (Å²) in [6.45, 7) is 6.27. The number of hydrogen-bond donors (Lipinski definition) is 2. The molecule has 146 valence electrons. The third-order valence-corrected chi connectivity index (χ3v) is 6.43. The summed E-state index contributed by atoms with van der Waals surface area (Å²) in [5, 5.41) is 2.76. The fraction of sp³-hybridized carbons (Fsp3) is 0.381. The lowest BCUT2D eigenvalue weighted by Gasteiger charge is -2.16. The van der Waals surface area contributed by atoms with Gasteiger partial charge in [0.15, 0.2) is 9.84 Å². The second-order valence-electron chi connectivity index (χ2n) is 6.95. The summed E-state index contributed by atoms with van der Waals surface area (Å²) in [6.07, 6.45) is 0.496. The molecule has 6 heteroatoms. The standard InChI is InChI=1S/C21H28N2O3S/c1-4-13-27(25,26)20-8-6-5-7-18(20)21(24)23-14-19(22)17-11-9-16(10-12-17)15(2)3/h5-12,15,19H,4,13-14,22H2,1-3H3,(H,23,24). The Labute approximate surface area is 161 Å². The van der Waals surface area contributed by atoms with E-state index >= 15 is 0 Å². The molecule has 0 aliphatic heterocycles. The Kier molecular flexibility index (Phi) is 7.16. The van der Waals surface area contributed by atoms with Crippen LogP contribution in [0.4, 0.5) is 0 Å². The minimum atomic E-state index is -3.48. The molecule has 0 saturated carbocycles. The summed E-state index contributed by atoms with van der Waals surface area (Å²) in [5.74, 6) is 0.0232. The highest BCUT2D eigenvalue weighted by Crippen LogP contribution is 2.19. The van der Waals surface area contributed by atoms with Gasteiger partial charge < -0.3 is 11.1 Å². The van der Waals surface area contributed by atoms with E-state index in [4.69, 9.17) is 5.73 Å². The first-order chi connectivity index (χ1) is 12.8. The monoisotopic (exact) mass is 388 g/mol. The number of hydrogen-bond acceptors (Lipinski definition) is 4. The van der Waals surface area contributed by atoms with Crippen molar-refractivity contribution in [1.82, 2.24) is 5.32 Å². The van der Waals surface area contributed by atoms with Gasteiger partial charge >= 0.3 is 0 Å². The molecule has 2 rings (SSSR count). The maximum absolute atomic E-state index is 12.6. The molecular weight excluding hydrogens is 360 g/mol. The van der Waals surface area contributed by atoms with Crippen LogP contribution in [0.25, 0.3) is 0 Å². The third kappa shape index (κ3) is 5.40. The van der Waals surface area contributed by atoms with E-state index in [1.165, 1.54) is 17.7 Å². The van der Waals surface area contributed by atoms with Crippen molar-refractivity contribution in [3.8, 4) is 0 Å². The summed E-state index contributed by atoms with van der Waals surface area (Å²) >= 11 is 0. The Bertz CT molecular complexity index is 875. The van der Waals surface area contributed by atoms with Gasteiger partial charge in [0, 0.05) is 12.6 Å². The molecule has 1 unspecified atom stereocenters. The number of carbonyl (C=O) groups is 1. The van der Waals surface area contributed by atoms with Gasteiger partial charge in [0.1, 0.15) is 0 Å². The summed E-state index contributed by atoms with van der Waals surface area (Å²) in [6, 6.07) is 13.9. The van der Waals surface area contributed by atoms with Crippen molar-refractivity contribution in [1.29, 1.82) is 0 Å². The average Bonchev–Trinajstić information content (AvgIpc) is 2.65. The van der Waals surface area contributed by atoms with E-state index in [-0.39, 0.29) is 28.8 Å². The zero-order valence-corrected chi connectivity index (χ0v) is 16.9. The summed E-state index contributed by atoms with van der Waals surface area (Å²) in [4.78, 5) is 12.6. The van der Waals surface area contributed by atoms with Gasteiger partial charge in [-0.3, -0.25) is 4.79 Å². The Balaban J connectivity index is 2.10. The number of sulfone groups is 1. The molecule has 0 bridgehead atoms. The van der Waals surface area contributed by atoms with Crippen LogP contribution in [-0.2, 0) is 9.84 Å². The van der Waals surface area contributed by atoms with E-state index < -0.39 is 15.7 Å². The van der Waals surface area contributed by atoms with Crippen molar-refractivity contribution < 1.29 is 13.2 Å². The quantitative estimate of drug-likeness (QED) is 0.725. The summed E-state index contributed by atoms with van der Waals surface area (Å²) < 4.78 is 24.8. The fourth-order valence-corrected chi connectivity index (χ4v) is 4.39. The second-order valence-corrected chi connectivity index (χ2v) is 9.03. The number of rotatable bonds is 8. The van der Waals surface area contributed by atoms with Crippen molar-refractivity contribution >= 4 is 15.7 Å². The molecule has 0 fully saturated rings. The van der Waals surface area contributed by atoms with Crippen LogP contribution in [0.5, 0.6) is 0 Å². The summed E-state index contributed by atoms with van der Waals surface area (Å²) in [7, 11) is -3.48. The van der Waals surface area contributed by atoms with Gasteiger partial charge in [-0.05, 0) is 35.6 Å². The van der Waals surface area contributed by atoms with Crippen LogP contribution in [0, 0.1) is 0 Å². The largest absolute Gasteiger partial charge is 0.350 e. The van der Waals surface area contributed by atoms with Crippen LogP contribution in [-0.4, -0.2) is 26.6 Å². The first-order valence-electron chi connectivity index (χ1n) is 9.21. The molecule has 5 nitrogen and oxygen atoms in total. The maximum Gasteiger partial charge on any atom is 0.252 e. The van der Waals surface area contributed by atoms with Crippen molar-refractivity contribution in [2.24, 2.45) is 5.73 Å². The first kappa shape index (κ1) is 21.1. The Morgan fingerprint density at radius 3 is 2.22 bits per heavy atom. The molecule has 3 N–H and O–H groups in total. The molecule has 27 heavy (non-hydrogen) atoms. The van der Waals surface area contributed by atoms with Crippen molar-refractivity contribution in [3.63, 3.8) is 0 Å². The molecule has 0 aliphatic rings. The minimum absolute atomic E-state index is 0.0129. The van der Waals surface area contributed by atoms with Crippen molar-refractivity contribution in [2.75, 3.05) is 12.3 Å². The van der Waals surface area contributed by atoms with E-state index in [2.05, 4.69) is 19.2 Å². The zero-order valence-electron chi connectivity index (χ0n) is 16.1. The van der Waals surface area contributed by atoms with Gasteiger partial charge in [0.2, 0.25) is 0 Å². The molecule has 0 aromatic heterocycles. The molecule has 0 heterocycles. The molecular formula is C21H28N2O3S. The summed E-state index contributed by atoms with van der Waals surface area (Å²) in [5.41, 5.74) is 8.50. The highest BCUT2D eigenvalue weighted by molar-refractivity contribution is 7.91. The Morgan fingerprint density at radius 2 is 1.63 bits per heavy atom. The number of nitrogens with one attached hydrogen (secondary N) is 1. The highest BCUT2D eigenvalue weighted by Gasteiger charge is 2.21. The average molecular weight is 389 g/mol. The smallest absolute Gasteiger partial charge is 0.252 e. The predicted molar refractivity (Wildman–Crippen MR) is 109 cm³/mol. The van der Waals surface area contributed by atoms with Gasteiger partial charge in [-0.25, -0.2) is 8.42 Å². The van der Waals surface area contributed by atoms with Gasteiger partial charge in [-0.2, -0.15) is 0 Å². The van der Waals surface area contributed by atoms with Gasteiger partial charge in [-0.1, -0.05) is 57.2 Å². The number of benzene rings is 2. The topological polar surface area (TPSA) is 89.3 Å². The molecule has 0 aliphatic carbocycles. The SMILES string of the molecule is CCCS(=O)(=O)c1ccccc1C(=O)NCC(N)c1ccc(C(C)C)cc1. The van der Waals surface area contributed by atoms with Gasteiger partial charge in [0.05, 0.1) is 16.2 Å². The van der Waals surface area contributed by atoms with Gasteiger partial charge in [-0.15, -0.1) is 0 Å². The normalized spacial score (nSPS) is 12.8. The molecule has 1 atom stereocenters. The molecule has 2 aromatic carbocycles. The zero-order chi connectivity index (χ0) is 20.0. The van der Waals surface area contributed by atoms with E-state index in [1.54, 1.807) is 19.1 Å². The number of nitrogens with two attached hydrogens (primary N) is 1. The predicted octanol–water partition coefficient (Wildman–Crippen LogP) is 3.42. The molecule has 0 spiro atoms. The number of carbonyl (C=O) groups excluding carboxylic acids is 1. The highest BCUT2D eigenvalue weighted by atomic mass is 32.2. The van der Waals surface area contributed by atoms with E-state index in [0.717, 1.165) is 5.56 Å². The molecule has 0 radical (unpaired) electrons. The van der Waals surface area contributed by atoms with Crippen LogP contribution in [0.2, 0.25) is 0 Å². The lowest BCUT2D eigenvalue weighted by Crippen LogP contribution is -2.32. The van der Waals surface area contributed by atoms with Crippen LogP contribution in [0.3, 0.4) is 0 Å². The Hall–Kier alpha value is -2.18. The van der Waals surface area contributed by atoms with Crippen molar-refractivity contribution in [3.05, 3.63) is 65.2 Å². The maximum atomic E-state index is 12.6. The van der Waals surface area contributed by atoms with Crippen LogP contribution >= 0.6 is 0 Å². The lowest BCUT2D eigenvalue weighted by molar-refractivity contribution is 0.0948. The van der Waals surface area contributed by atoms with Crippen LogP contribution in [0.1, 0.15) is 60.6 Å². The van der Waals surface area contributed by atoms with E-state index in [9.17, 15) is 13.2 Å². The first-order valence-corrected chi connectivity index (χ1v) is 10.9. The van der Waals surface area contributed by atoms with Gasteiger partial charge in [0.25, 0.3) is 5.91 Å². The third-order valence-electron chi connectivity index (χ3n) is 4.45. The van der Waals surface area contributed by atoms with E-state index in [1.807, 2.05) is 24.3 Å². The molecule has 2 aromatic rings. The molecule has 0 saturated heterocycles. The van der Waals surface area contributed by atoms with Crippen LogP contribution < -0.4 is 11.1 Å². The van der Waals surface area contributed by atoms with Crippen LogP contribution in [0.15, 0.2) is 53.4 Å². The fourth-order valence-electron chi connectivity index (χ4n) is 2.85. The molecule has 1 amide bonds. The second kappa shape index (κ2) is 9.15. The number of amides is 1. The van der Waals surface area contributed by atoms with Crippen molar-refractivity contribution in [2.45, 2.75) is 44.0 Å². The minimum Gasteiger partial charge on any atom is -0.350 e. The Morgan fingerprint density at radius 1 is 1.04 bits per heavy atom. The van der Waals surface area contributed by atoms with E-state index in [0.29, 0.717) is 12.3 Å².